The first-order chi connectivity index (χ1) is 6.24. The van der Waals surface area contributed by atoms with Gasteiger partial charge in [0.05, 0.1) is 0 Å². The number of rotatable bonds is 3. The Morgan fingerprint density at radius 3 is 2.77 bits per heavy atom. The zero-order valence-corrected chi connectivity index (χ0v) is 8.08. The average Bonchev–Trinajstić information content (AvgIpc) is 2.19. The van der Waals surface area contributed by atoms with Crippen molar-refractivity contribution in [3.8, 4) is 0 Å². The van der Waals surface area contributed by atoms with E-state index in [1.54, 1.807) is 0 Å². The molecular weight excluding hydrogens is 166 g/mol. The fourth-order valence-corrected chi connectivity index (χ4v) is 1.62. The Kier molecular flexibility index (Phi) is 3.96. The number of hydrogen-bond acceptors (Lipinski definition) is 2. The zero-order valence-electron chi connectivity index (χ0n) is 8.08. The van der Waals surface area contributed by atoms with Crippen LogP contribution in [0.15, 0.2) is 12.7 Å². The summed E-state index contributed by atoms with van der Waals surface area (Å²) in [5.74, 6) is 0.469. The molecule has 0 aromatic carbocycles. The van der Waals surface area contributed by atoms with Gasteiger partial charge in [-0.3, -0.25) is 4.79 Å². The topological polar surface area (TPSA) is 38.3 Å². The van der Waals surface area contributed by atoms with Crippen molar-refractivity contribution >= 4 is 5.91 Å². The molecule has 74 valence electrons. The second kappa shape index (κ2) is 5.02. The van der Waals surface area contributed by atoms with Crippen LogP contribution in [0.4, 0.5) is 0 Å². The lowest BCUT2D eigenvalue weighted by atomic mass is 9.93. The molecule has 0 radical (unpaired) electrons. The molecule has 1 fully saturated rings. The quantitative estimate of drug-likeness (QED) is 0.665. The molecule has 1 amide bonds. The highest BCUT2D eigenvalue weighted by atomic mass is 16.5. The number of amides is 1. The van der Waals surface area contributed by atoms with Gasteiger partial charge >= 0.3 is 0 Å². The second-order valence-electron chi connectivity index (χ2n) is 3.45. The van der Waals surface area contributed by atoms with E-state index in [-0.39, 0.29) is 11.9 Å². The molecule has 13 heavy (non-hydrogen) atoms. The van der Waals surface area contributed by atoms with E-state index in [0.717, 1.165) is 26.1 Å². The molecule has 1 saturated heterocycles. The summed E-state index contributed by atoms with van der Waals surface area (Å²) in [6.07, 6.45) is 3.40. The molecule has 0 aliphatic carbocycles. The van der Waals surface area contributed by atoms with Gasteiger partial charge in [-0.15, -0.1) is 0 Å². The largest absolute Gasteiger partial charge is 0.381 e. The van der Waals surface area contributed by atoms with Crippen molar-refractivity contribution in [2.45, 2.75) is 25.8 Å². The van der Waals surface area contributed by atoms with E-state index in [9.17, 15) is 4.79 Å². The van der Waals surface area contributed by atoms with E-state index in [2.05, 4.69) is 11.9 Å². The maximum absolute atomic E-state index is 11.0. The monoisotopic (exact) mass is 183 g/mol. The summed E-state index contributed by atoms with van der Waals surface area (Å²) in [5, 5.41) is 2.89. The molecule has 1 rings (SSSR count). The van der Waals surface area contributed by atoms with Crippen LogP contribution in [0.2, 0.25) is 0 Å². The molecule has 0 aromatic heterocycles. The van der Waals surface area contributed by atoms with Gasteiger partial charge in [-0.25, -0.2) is 0 Å². The molecule has 0 unspecified atom stereocenters. The fraction of sp³-hybridized carbons (Fsp3) is 0.700. The zero-order chi connectivity index (χ0) is 9.68. The van der Waals surface area contributed by atoms with Crippen LogP contribution in [0.5, 0.6) is 0 Å². The van der Waals surface area contributed by atoms with Crippen LogP contribution in [0.3, 0.4) is 0 Å². The number of ether oxygens (including phenoxy) is 1. The van der Waals surface area contributed by atoms with E-state index >= 15 is 0 Å². The van der Waals surface area contributed by atoms with Gasteiger partial charge in [0, 0.05) is 19.3 Å². The summed E-state index contributed by atoms with van der Waals surface area (Å²) in [6.45, 7) is 7.10. The van der Waals surface area contributed by atoms with E-state index < -0.39 is 0 Å². The van der Waals surface area contributed by atoms with Gasteiger partial charge in [0.2, 0.25) is 5.91 Å². The van der Waals surface area contributed by atoms with Crippen LogP contribution in [0.1, 0.15) is 19.8 Å². The molecule has 1 aliphatic heterocycles. The van der Waals surface area contributed by atoms with Gasteiger partial charge in [0.25, 0.3) is 0 Å². The van der Waals surface area contributed by atoms with Crippen molar-refractivity contribution in [1.82, 2.24) is 5.32 Å². The van der Waals surface area contributed by atoms with Crippen molar-refractivity contribution in [2.24, 2.45) is 5.92 Å². The highest BCUT2D eigenvalue weighted by molar-refractivity contribution is 5.87. The highest BCUT2D eigenvalue weighted by Crippen LogP contribution is 2.18. The van der Waals surface area contributed by atoms with Crippen molar-refractivity contribution in [3.63, 3.8) is 0 Å². The lowest BCUT2D eigenvalue weighted by Crippen LogP contribution is -2.39. The van der Waals surface area contributed by atoms with Gasteiger partial charge in [0.1, 0.15) is 0 Å². The molecule has 0 aromatic rings. The van der Waals surface area contributed by atoms with Gasteiger partial charge < -0.3 is 10.1 Å². The van der Waals surface area contributed by atoms with Crippen molar-refractivity contribution in [3.05, 3.63) is 12.7 Å². The van der Waals surface area contributed by atoms with Crippen molar-refractivity contribution in [2.75, 3.05) is 13.2 Å². The average molecular weight is 183 g/mol. The molecule has 0 saturated carbocycles. The summed E-state index contributed by atoms with van der Waals surface area (Å²) in [6, 6.07) is 0.231. The highest BCUT2D eigenvalue weighted by Gasteiger charge is 2.20. The maximum atomic E-state index is 11.0. The molecule has 1 atom stereocenters. The third-order valence-corrected chi connectivity index (χ3v) is 2.53. The van der Waals surface area contributed by atoms with Gasteiger partial charge in [-0.2, -0.15) is 0 Å². The van der Waals surface area contributed by atoms with Crippen molar-refractivity contribution in [1.29, 1.82) is 0 Å². The first kappa shape index (κ1) is 10.3. The number of carbonyl (C=O) groups is 1. The van der Waals surface area contributed by atoms with Crippen LogP contribution in [0.25, 0.3) is 0 Å². The number of nitrogens with one attached hydrogen (secondary N) is 1. The molecule has 3 heteroatoms. The smallest absolute Gasteiger partial charge is 0.243 e. The summed E-state index contributed by atoms with van der Waals surface area (Å²) in [5.41, 5.74) is 0. The summed E-state index contributed by atoms with van der Waals surface area (Å²) in [7, 11) is 0. The molecular formula is C10H17NO2. The first-order valence-corrected chi connectivity index (χ1v) is 4.74. The second-order valence-corrected chi connectivity index (χ2v) is 3.45. The minimum Gasteiger partial charge on any atom is -0.381 e. The Hall–Kier alpha value is -0.830. The van der Waals surface area contributed by atoms with Crippen LogP contribution in [-0.2, 0) is 9.53 Å². The van der Waals surface area contributed by atoms with Crippen LogP contribution >= 0.6 is 0 Å². The third kappa shape index (κ3) is 3.19. The Bertz CT molecular complexity index is 185. The fourth-order valence-electron chi connectivity index (χ4n) is 1.62. The van der Waals surface area contributed by atoms with Gasteiger partial charge in [-0.05, 0) is 31.8 Å². The molecule has 1 heterocycles. The predicted molar refractivity (Wildman–Crippen MR) is 51.3 cm³/mol. The molecule has 3 nitrogen and oxygen atoms in total. The third-order valence-electron chi connectivity index (χ3n) is 2.53. The van der Waals surface area contributed by atoms with Crippen LogP contribution in [0, 0.1) is 5.92 Å². The van der Waals surface area contributed by atoms with Crippen molar-refractivity contribution < 1.29 is 9.53 Å². The van der Waals surface area contributed by atoms with E-state index in [1.165, 1.54) is 6.08 Å². The summed E-state index contributed by atoms with van der Waals surface area (Å²) in [4.78, 5) is 11.0. The minimum absolute atomic E-state index is 0.0843. The van der Waals surface area contributed by atoms with E-state index in [1.807, 2.05) is 6.92 Å². The minimum atomic E-state index is -0.0843. The standard InChI is InChI=1S/C10H17NO2/c1-3-10(12)11-8(2)9-4-6-13-7-5-9/h3,8-9H,1,4-7H2,2H3,(H,11,12)/t8-/m0/s1. The molecule has 1 aliphatic rings. The molecule has 1 N–H and O–H groups in total. The summed E-state index contributed by atoms with van der Waals surface area (Å²) < 4.78 is 5.25. The van der Waals surface area contributed by atoms with E-state index in [0.29, 0.717) is 5.92 Å². The van der Waals surface area contributed by atoms with Gasteiger partial charge in [0.15, 0.2) is 0 Å². The SMILES string of the molecule is C=CC(=O)N[C@@H](C)C1CCOCC1. The van der Waals surface area contributed by atoms with E-state index in [4.69, 9.17) is 4.74 Å². The maximum Gasteiger partial charge on any atom is 0.243 e. The Morgan fingerprint density at radius 2 is 2.23 bits per heavy atom. The van der Waals surface area contributed by atoms with Gasteiger partial charge in [-0.1, -0.05) is 6.58 Å². The normalized spacial score (nSPS) is 20.7. The summed E-state index contributed by atoms with van der Waals surface area (Å²) >= 11 is 0. The Morgan fingerprint density at radius 1 is 1.62 bits per heavy atom. The predicted octanol–water partition coefficient (Wildman–Crippen LogP) is 1.10. The Labute approximate surface area is 79.2 Å². The lowest BCUT2D eigenvalue weighted by molar-refractivity contribution is -0.117. The Balaban J connectivity index is 2.32. The van der Waals surface area contributed by atoms with Crippen LogP contribution in [-0.4, -0.2) is 25.2 Å². The lowest BCUT2D eigenvalue weighted by Gasteiger charge is -2.27. The van der Waals surface area contributed by atoms with Crippen LogP contribution < -0.4 is 5.32 Å². The molecule has 0 bridgehead atoms. The number of carbonyl (C=O) groups excluding carboxylic acids is 1. The number of hydrogen-bond donors (Lipinski definition) is 1. The first-order valence-electron chi connectivity index (χ1n) is 4.74. The molecule has 0 spiro atoms.